The van der Waals surface area contributed by atoms with Gasteiger partial charge in [-0.25, -0.2) is 4.68 Å². The number of nitrogens with two attached hydrogens (primary N) is 1. The summed E-state index contributed by atoms with van der Waals surface area (Å²) in [6, 6.07) is 16.2. The molecule has 0 aliphatic carbocycles. The molecule has 2 aromatic carbocycles. The average molecular weight is 279 g/mol. The Labute approximate surface area is 123 Å². The molecule has 3 aromatic rings. The van der Waals surface area contributed by atoms with E-state index in [9.17, 15) is 0 Å². The highest BCUT2D eigenvalue weighted by Gasteiger charge is 2.09. The molecule has 0 saturated carbocycles. The van der Waals surface area contributed by atoms with E-state index in [1.165, 1.54) is 5.56 Å². The summed E-state index contributed by atoms with van der Waals surface area (Å²) in [5.41, 5.74) is 9.98. The molecule has 0 fully saturated rings. The van der Waals surface area contributed by atoms with Gasteiger partial charge in [0.05, 0.1) is 0 Å². The second kappa shape index (κ2) is 5.75. The molecule has 0 aliphatic rings. The maximum absolute atomic E-state index is 5.96. The van der Waals surface area contributed by atoms with Gasteiger partial charge in [0.15, 0.2) is 5.82 Å². The minimum Gasteiger partial charge on any atom is -0.398 e. The number of aryl methyl sites for hydroxylation is 3. The summed E-state index contributed by atoms with van der Waals surface area (Å²) in [7, 11) is 0. The maximum Gasteiger partial charge on any atom is 0.182 e. The number of hydrogen-bond acceptors (Lipinski definition) is 4. The summed E-state index contributed by atoms with van der Waals surface area (Å²) in [5, 5.41) is 12.0. The summed E-state index contributed by atoms with van der Waals surface area (Å²) < 4.78 is 1.82. The van der Waals surface area contributed by atoms with Crippen molar-refractivity contribution >= 4 is 5.69 Å². The molecule has 21 heavy (non-hydrogen) atoms. The molecule has 2 N–H and O–H groups in total. The third-order valence-corrected chi connectivity index (χ3v) is 3.52. The smallest absolute Gasteiger partial charge is 0.182 e. The summed E-state index contributed by atoms with van der Waals surface area (Å²) in [5.74, 6) is 0.748. The number of nitrogen functional groups attached to an aromatic ring is 1. The molecule has 0 atom stereocenters. The van der Waals surface area contributed by atoms with E-state index in [0.717, 1.165) is 35.6 Å². The van der Waals surface area contributed by atoms with Gasteiger partial charge in [0.1, 0.15) is 0 Å². The van der Waals surface area contributed by atoms with Gasteiger partial charge in [0.2, 0.25) is 0 Å². The Bertz CT molecular complexity index is 733. The monoisotopic (exact) mass is 279 g/mol. The second-order valence-electron chi connectivity index (χ2n) is 5.03. The topological polar surface area (TPSA) is 69.6 Å². The SMILES string of the molecule is Cc1ccc(-c2nnnn2CCc2ccccc2)cc1N. The van der Waals surface area contributed by atoms with Gasteiger partial charge in [-0.3, -0.25) is 0 Å². The highest BCUT2D eigenvalue weighted by atomic mass is 15.5. The van der Waals surface area contributed by atoms with Gasteiger partial charge in [-0.05, 0) is 41.0 Å². The van der Waals surface area contributed by atoms with Gasteiger partial charge in [-0.15, -0.1) is 5.10 Å². The van der Waals surface area contributed by atoms with Crippen molar-refractivity contribution in [2.45, 2.75) is 19.9 Å². The van der Waals surface area contributed by atoms with Crippen LogP contribution in [-0.4, -0.2) is 20.2 Å². The first-order chi connectivity index (χ1) is 10.2. The molecular formula is C16H17N5. The zero-order chi connectivity index (χ0) is 14.7. The van der Waals surface area contributed by atoms with E-state index in [4.69, 9.17) is 5.73 Å². The van der Waals surface area contributed by atoms with Crippen molar-refractivity contribution in [2.24, 2.45) is 0 Å². The van der Waals surface area contributed by atoms with Gasteiger partial charge < -0.3 is 5.73 Å². The van der Waals surface area contributed by atoms with Crippen LogP contribution in [0.25, 0.3) is 11.4 Å². The van der Waals surface area contributed by atoms with Gasteiger partial charge in [-0.1, -0.05) is 42.5 Å². The fraction of sp³-hybridized carbons (Fsp3) is 0.188. The van der Waals surface area contributed by atoms with Crippen LogP contribution >= 0.6 is 0 Å². The lowest BCUT2D eigenvalue weighted by atomic mass is 10.1. The van der Waals surface area contributed by atoms with Crippen molar-refractivity contribution in [1.29, 1.82) is 0 Å². The molecular weight excluding hydrogens is 262 g/mol. The number of aromatic nitrogens is 4. The highest BCUT2D eigenvalue weighted by molar-refractivity contribution is 5.63. The molecule has 1 aromatic heterocycles. The van der Waals surface area contributed by atoms with Crippen LogP contribution in [-0.2, 0) is 13.0 Å². The van der Waals surface area contributed by atoms with Crippen LogP contribution < -0.4 is 5.73 Å². The van der Waals surface area contributed by atoms with Crippen molar-refractivity contribution in [2.75, 3.05) is 5.73 Å². The van der Waals surface area contributed by atoms with E-state index < -0.39 is 0 Å². The number of benzene rings is 2. The predicted octanol–water partition coefficient (Wildman–Crippen LogP) is 2.47. The van der Waals surface area contributed by atoms with Gasteiger partial charge in [-0.2, -0.15) is 0 Å². The van der Waals surface area contributed by atoms with E-state index in [2.05, 4.69) is 27.7 Å². The van der Waals surface area contributed by atoms with Crippen molar-refractivity contribution < 1.29 is 0 Å². The van der Waals surface area contributed by atoms with E-state index in [0.29, 0.717) is 0 Å². The normalized spacial score (nSPS) is 10.7. The van der Waals surface area contributed by atoms with Crippen molar-refractivity contribution in [1.82, 2.24) is 20.2 Å². The minimum absolute atomic E-state index is 0.736. The molecule has 5 nitrogen and oxygen atoms in total. The van der Waals surface area contributed by atoms with Crippen LogP contribution in [0.4, 0.5) is 5.69 Å². The third-order valence-electron chi connectivity index (χ3n) is 3.52. The fourth-order valence-corrected chi connectivity index (χ4v) is 2.22. The van der Waals surface area contributed by atoms with E-state index >= 15 is 0 Å². The van der Waals surface area contributed by atoms with Crippen LogP contribution in [0.3, 0.4) is 0 Å². The minimum atomic E-state index is 0.736. The molecule has 1 heterocycles. The standard InChI is InChI=1S/C16H17N5/c1-12-7-8-14(11-15(12)17)16-18-19-20-21(16)10-9-13-5-3-2-4-6-13/h2-8,11H,9-10,17H2,1H3. The van der Waals surface area contributed by atoms with Gasteiger partial charge in [0.25, 0.3) is 0 Å². The molecule has 5 heteroatoms. The number of anilines is 1. The maximum atomic E-state index is 5.96. The highest BCUT2D eigenvalue weighted by Crippen LogP contribution is 2.21. The van der Waals surface area contributed by atoms with Crippen molar-refractivity contribution in [3.63, 3.8) is 0 Å². The first-order valence-corrected chi connectivity index (χ1v) is 6.90. The Balaban J connectivity index is 1.82. The second-order valence-corrected chi connectivity index (χ2v) is 5.03. The van der Waals surface area contributed by atoms with Gasteiger partial charge >= 0.3 is 0 Å². The predicted molar refractivity (Wildman–Crippen MR) is 82.5 cm³/mol. The Kier molecular flexibility index (Phi) is 3.64. The Morgan fingerprint density at radius 2 is 1.90 bits per heavy atom. The molecule has 0 aliphatic heterocycles. The Morgan fingerprint density at radius 3 is 2.67 bits per heavy atom. The Hall–Kier alpha value is -2.69. The molecule has 0 radical (unpaired) electrons. The number of tetrazole rings is 1. The quantitative estimate of drug-likeness (QED) is 0.745. The molecule has 0 spiro atoms. The lowest BCUT2D eigenvalue weighted by Gasteiger charge is -2.07. The number of hydrogen-bond donors (Lipinski definition) is 1. The van der Waals surface area contributed by atoms with Crippen LogP contribution in [0.5, 0.6) is 0 Å². The molecule has 3 rings (SSSR count). The summed E-state index contributed by atoms with van der Waals surface area (Å²) in [6.45, 7) is 2.72. The zero-order valence-corrected chi connectivity index (χ0v) is 11.9. The van der Waals surface area contributed by atoms with E-state index in [-0.39, 0.29) is 0 Å². The van der Waals surface area contributed by atoms with E-state index in [1.807, 2.05) is 48.0 Å². The first-order valence-electron chi connectivity index (χ1n) is 6.90. The lowest BCUT2D eigenvalue weighted by molar-refractivity contribution is 0.594. The van der Waals surface area contributed by atoms with Crippen molar-refractivity contribution in [3.05, 3.63) is 59.7 Å². The molecule has 0 saturated heterocycles. The summed E-state index contributed by atoms with van der Waals surface area (Å²) in [4.78, 5) is 0. The van der Waals surface area contributed by atoms with Crippen LogP contribution in [0, 0.1) is 6.92 Å². The van der Waals surface area contributed by atoms with Crippen LogP contribution in [0.15, 0.2) is 48.5 Å². The van der Waals surface area contributed by atoms with Gasteiger partial charge in [0, 0.05) is 17.8 Å². The average Bonchev–Trinajstić information content (AvgIpc) is 2.97. The summed E-state index contributed by atoms with van der Waals surface area (Å²) in [6.07, 6.45) is 0.889. The largest absolute Gasteiger partial charge is 0.398 e. The van der Waals surface area contributed by atoms with Crippen molar-refractivity contribution in [3.8, 4) is 11.4 Å². The summed E-state index contributed by atoms with van der Waals surface area (Å²) >= 11 is 0. The molecule has 0 bridgehead atoms. The first kappa shape index (κ1) is 13.3. The molecule has 0 unspecified atom stereocenters. The number of rotatable bonds is 4. The lowest BCUT2D eigenvalue weighted by Crippen LogP contribution is -2.06. The number of nitrogens with zero attached hydrogens (tertiary/aromatic N) is 4. The molecule has 106 valence electrons. The van der Waals surface area contributed by atoms with Crippen LogP contribution in [0.2, 0.25) is 0 Å². The molecule has 0 amide bonds. The van der Waals surface area contributed by atoms with E-state index in [1.54, 1.807) is 0 Å². The van der Waals surface area contributed by atoms with Crippen LogP contribution in [0.1, 0.15) is 11.1 Å². The fourth-order valence-electron chi connectivity index (χ4n) is 2.22. The zero-order valence-electron chi connectivity index (χ0n) is 11.9. The Morgan fingerprint density at radius 1 is 1.10 bits per heavy atom. The third kappa shape index (κ3) is 2.91.